The molecule has 0 bridgehead atoms. The zero-order valence-electron chi connectivity index (χ0n) is 9.96. The van der Waals surface area contributed by atoms with Gasteiger partial charge in [-0.2, -0.15) is 0 Å². The first-order valence-corrected chi connectivity index (χ1v) is 6.37. The Bertz CT molecular complexity index is 601. The lowest BCUT2D eigenvalue weighted by Gasteiger charge is -2.15. The third kappa shape index (κ3) is 2.76. The van der Waals surface area contributed by atoms with E-state index in [4.69, 9.17) is 4.74 Å². The Hall–Kier alpha value is -1.49. The van der Waals surface area contributed by atoms with Crippen LogP contribution < -0.4 is 4.74 Å². The van der Waals surface area contributed by atoms with Crippen LogP contribution in [0.4, 0.5) is 13.2 Å². The van der Waals surface area contributed by atoms with Gasteiger partial charge in [0.25, 0.3) is 0 Å². The molecule has 1 atom stereocenters. The summed E-state index contributed by atoms with van der Waals surface area (Å²) in [7, 11) is 1.42. The monoisotopic (exact) mass is 330 g/mol. The number of hydrogen-bond donors (Lipinski definition) is 0. The van der Waals surface area contributed by atoms with Gasteiger partial charge in [-0.15, -0.1) is 0 Å². The summed E-state index contributed by atoms with van der Waals surface area (Å²) in [5.41, 5.74) is 0.651. The molecule has 0 aliphatic rings. The molecule has 0 amide bonds. The Morgan fingerprint density at radius 2 is 1.74 bits per heavy atom. The smallest absolute Gasteiger partial charge is 0.159 e. The molecule has 2 aromatic carbocycles. The van der Waals surface area contributed by atoms with Gasteiger partial charge in [-0.05, 0) is 29.8 Å². The molecular formula is C14H10BrF3O. The van der Waals surface area contributed by atoms with Crippen LogP contribution in [-0.4, -0.2) is 7.11 Å². The third-order valence-corrected chi connectivity index (χ3v) is 3.71. The molecule has 0 saturated carbocycles. The van der Waals surface area contributed by atoms with Crippen LogP contribution in [0.1, 0.15) is 16.0 Å². The van der Waals surface area contributed by atoms with Gasteiger partial charge in [-0.1, -0.05) is 28.1 Å². The summed E-state index contributed by atoms with van der Waals surface area (Å²) in [5.74, 6) is -2.06. The van der Waals surface area contributed by atoms with Gasteiger partial charge in [0.15, 0.2) is 11.6 Å². The molecule has 0 radical (unpaired) electrons. The van der Waals surface area contributed by atoms with Crippen LogP contribution in [0.5, 0.6) is 5.75 Å². The molecule has 5 heteroatoms. The van der Waals surface area contributed by atoms with Crippen LogP contribution >= 0.6 is 15.9 Å². The van der Waals surface area contributed by atoms with Crippen molar-refractivity contribution in [3.63, 3.8) is 0 Å². The number of hydrogen-bond acceptors (Lipinski definition) is 1. The Morgan fingerprint density at radius 1 is 1.00 bits per heavy atom. The molecule has 0 N–H and O–H groups in total. The van der Waals surface area contributed by atoms with E-state index in [0.29, 0.717) is 11.3 Å². The predicted molar refractivity (Wildman–Crippen MR) is 70.1 cm³/mol. The van der Waals surface area contributed by atoms with E-state index in [0.717, 1.165) is 12.1 Å². The van der Waals surface area contributed by atoms with E-state index in [9.17, 15) is 13.2 Å². The van der Waals surface area contributed by atoms with Crippen molar-refractivity contribution in [3.05, 3.63) is 65.0 Å². The van der Waals surface area contributed by atoms with E-state index in [1.807, 2.05) is 0 Å². The molecule has 2 aromatic rings. The zero-order valence-corrected chi connectivity index (χ0v) is 11.5. The van der Waals surface area contributed by atoms with Crippen LogP contribution in [0, 0.1) is 17.5 Å². The summed E-state index contributed by atoms with van der Waals surface area (Å²) >= 11 is 3.29. The van der Waals surface area contributed by atoms with E-state index in [-0.39, 0.29) is 5.56 Å². The topological polar surface area (TPSA) is 9.23 Å². The lowest BCUT2D eigenvalue weighted by atomic mass is 10.0. The number of rotatable bonds is 3. The highest BCUT2D eigenvalue weighted by molar-refractivity contribution is 9.09. The lowest BCUT2D eigenvalue weighted by molar-refractivity contribution is 0.405. The molecule has 1 nitrogen and oxygen atoms in total. The maximum Gasteiger partial charge on any atom is 0.159 e. The summed E-state index contributed by atoms with van der Waals surface area (Å²) in [6.07, 6.45) is 0. The number of benzene rings is 2. The van der Waals surface area contributed by atoms with Crippen molar-refractivity contribution in [3.8, 4) is 5.75 Å². The second-order valence-corrected chi connectivity index (χ2v) is 4.81. The van der Waals surface area contributed by atoms with E-state index in [2.05, 4.69) is 15.9 Å². The number of ether oxygens (including phenoxy) is 1. The fourth-order valence-electron chi connectivity index (χ4n) is 1.78. The summed E-state index contributed by atoms with van der Waals surface area (Å²) in [4.78, 5) is -0.626. The Kier molecular flexibility index (Phi) is 4.14. The van der Waals surface area contributed by atoms with E-state index in [1.165, 1.54) is 25.3 Å². The summed E-state index contributed by atoms with van der Waals surface area (Å²) in [6.45, 7) is 0. The van der Waals surface area contributed by atoms with Crippen LogP contribution in [0.25, 0.3) is 0 Å². The highest BCUT2D eigenvalue weighted by Gasteiger charge is 2.20. The maximum absolute atomic E-state index is 13.9. The molecular weight excluding hydrogens is 321 g/mol. The first-order valence-electron chi connectivity index (χ1n) is 5.46. The molecule has 0 saturated heterocycles. The normalized spacial score (nSPS) is 12.3. The molecule has 0 aromatic heterocycles. The number of methoxy groups -OCH3 is 1. The van der Waals surface area contributed by atoms with Gasteiger partial charge in [0, 0.05) is 5.56 Å². The SMILES string of the molecule is COc1cccc(F)c1C(Br)c1ccc(F)c(F)c1. The van der Waals surface area contributed by atoms with Crippen molar-refractivity contribution >= 4 is 15.9 Å². The first kappa shape index (κ1) is 13.9. The zero-order chi connectivity index (χ0) is 14.0. The Labute approximate surface area is 117 Å². The van der Waals surface area contributed by atoms with Crippen LogP contribution in [0.2, 0.25) is 0 Å². The molecule has 0 aliphatic heterocycles. The van der Waals surface area contributed by atoms with Crippen molar-refractivity contribution in [2.45, 2.75) is 4.83 Å². The molecule has 0 heterocycles. The molecule has 0 aliphatic carbocycles. The van der Waals surface area contributed by atoms with Gasteiger partial charge in [0.05, 0.1) is 11.9 Å². The average molecular weight is 331 g/mol. The van der Waals surface area contributed by atoms with Crippen molar-refractivity contribution in [2.24, 2.45) is 0 Å². The van der Waals surface area contributed by atoms with Crippen molar-refractivity contribution in [1.29, 1.82) is 0 Å². The maximum atomic E-state index is 13.9. The van der Waals surface area contributed by atoms with Crippen molar-refractivity contribution < 1.29 is 17.9 Å². The van der Waals surface area contributed by atoms with Crippen molar-refractivity contribution in [2.75, 3.05) is 7.11 Å². The quantitative estimate of drug-likeness (QED) is 0.747. The molecule has 0 fully saturated rings. The molecule has 2 rings (SSSR count). The highest BCUT2D eigenvalue weighted by Crippen LogP contribution is 2.38. The van der Waals surface area contributed by atoms with Crippen LogP contribution in [0.15, 0.2) is 36.4 Å². The fourth-order valence-corrected chi connectivity index (χ4v) is 2.51. The van der Waals surface area contributed by atoms with Gasteiger partial charge in [-0.3, -0.25) is 0 Å². The lowest BCUT2D eigenvalue weighted by Crippen LogP contribution is -2.01. The largest absolute Gasteiger partial charge is 0.496 e. The predicted octanol–water partition coefficient (Wildman–Crippen LogP) is 4.60. The minimum Gasteiger partial charge on any atom is -0.496 e. The number of alkyl halides is 1. The number of halogens is 4. The van der Waals surface area contributed by atoms with E-state index in [1.54, 1.807) is 6.07 Å². The van der Waals surface area contributed by atoms with Crippen molar-refractivity contribution in [1.82, 2.24) is 0 Å². The average Bonchev–Trinajstić information content (AvgIpc) is 2.40. The Morgan fingerprint density at radius 3 is 2.37 bits per heavy atom. The second-order valence-electron chi connectivity index (χ2n) is 3.89. The summed E-state index contributed by atoms with van der Waals surface area (Å²) in [5, 5.41) is 0. The summed E-state index contributed by atoms with van der Waals surface area (Å²) < 4.78 is 45.1. The molecule has 19 heavy (non-hydrogen) atoms. The van der Waals surface area contributed by atoms with Gasteiger partial charge in [-0.25, -0.2) is 13.2 Å². The minimum absolute atomic E-state index is 0.246. The van der Waals surface area contributed by atoms with Gasteiger partial charge in [0.2, 0.25) is 0 Å². The standard InChI is InChI=1S/C14H10BrF3O/c1-19-12-4-2-3-10(17)13(12)14(15)8-5-6-9(16)11(18)7-8/h2-7,14H,1H3. The van der Waals surface area contributed by atoms with Gasteiger partial charge >= 0.3 is 0 Å². The second kappa shape index (κ2) is 5.65. The molecule has 0 spiro atoms. The Balaban J connectivity index is 2.49. The van der Waals surface area contributed by atoms with E-state index < -0.39 is 22.3 Å². The molecule has 1 unspecified atom stereocenters. The third-order valence-electron chi connectivity index (χ3n) is 2.72. The van der Waals surface area contributed by atoms with Gasteiger partial charge in [0.1, 0.15) is 11.6 Å². The molecule has 100 valence electrons. The van der Waals surface area contributed by atoms with Crippen LogP contribution in [-0.2, 0) is 0 Å². The van der Waals surface area contributed by atoms with Gasteiger partial charge < -0.3 is 4.74 Å². The minimum atomic E-state index is -0.975. The summed E-state index contributed by atoms with van der Waals surface area (Å²) in [6, 6.07) is 7.83. The highest BCUT2D eigenvalue weighted by atomic mass is 79.9. The van der Waals surface area contributed by atoms with Crippen LogP contribution in [0.3, 0.4) is 0 Å². The fraction of sp³-hybridized carbons (Fsp3) is 0.143. The van der Waals surface area contributed by atoms with E-state index >= 15 is 0 Å². The first-order chi connectivity index (χ1) is 9.04.